The monoisotopic (exact) mass is 394 g/mol. The molecule has 0 radical (unpaired) electrons. The van der Waals surface area contributed by atoms with Crippen molar-refractivity contribution in [1.29, 1.82) is 0 Å². The zero-order valence-corrected chi connectivity index (χ0v) is 17.7. The van der Waals surface area contributed by atoms with Crippen LogP contribution in [-0.2, 0) is 11.2 Å². The van der Waals surface area contributed by atoms with Crippen LogP contribution in [0, 0.1) is 0 Å². The first-order valence-corrected chi connectivity index (χ1v) is 10.5. The number of piperazine rings is 1. The molecule has 5 nitrogen and oxygen atoms in total. The lowest BCUT2D eigenvalue weighted by Gasteiger charge is -2.33. The highest BCUT2D eigenvalue weighted by atomic mass is 16.2. The largest absolute Gasteiger partial charge is 0.360 e. The van der Waals surface area contributed by atoms with Crippen molar-refractivity contribution in [2.45, 2.75) is 33.2 Å². The standard InChI is InChI=1S/C24H31N3O2/c1-4-20-5-7-21(8-6-20)18(2)25-24(29)17-26-13-15-27(16-14-26)23-11-9-22(10-12-23)19(3)28/h5-12,18H,4,13-17H2,1-3H3,(H,25,29)/p+1/t18-/m1/s1. The highest BCUT2D eigenvalue weighted by molar-refractivity contribution is 5.94. The summed E-state index contributed by atoms with van der Waals surface area (Å²) in [6.07, 6.45) is 1.03. The topological polar surface area (TPSA) is 53.9 Å². The smallest absolute Gasteiger partial charge is 0.275 e. The highest BCUT2D eigenvalue weighted by Gasteiger charge is 2.23. The Hall–Kier alpha value is -2.66. The summed E-state index contributed by atoms with van der Waals surface area (Å²) >= 11 is 0. The van der Waals surface area contributed by atoms with E-state index in [4.69, 9.17) is 0 Å². The minimum Gasteiger partial charge on any atom is -0.360 e. The number of Topliss-reactive ketones (excluding diaryl/α,β-unsaturated/α-hetero) is 1. The zero-order chi connectivity index (χ0) is 20.8. The number of quaternary nitrogens is 1. The summed E-state index contributed by atoms with van der Waals surface area (Å²) in [5.41, 5.74) is 4.34. The second-order valence-electron chi connectivity index (χ2n) is 7.90. The molecular weight excluding hydrogens is 362 g/mol. The van der Waals surface area contributed by atoms with Crippen molar-refractivity contribution in [2.24, 2.45) is 0 Å². The van der Waals surface area contributed by atoms with Crippen molar-refractivity contribution in [3.05, 3.63) is 65.2 Å². The molecule has 0 bridgehead atoms. The number of anilines is 1. The van der Waals surface area contributed by atoms with Crippen LogP contribution < -0.4 is 15.1 Å². The molecule has 2 aromatic rings. The molecule has 0 aromatic heterocycles. The number of ketones is 1. The van der Waals surface area contributed by atoms with Gasteiger partial charge in [-0.1, -0.05) is 31.2 Å². The van der Waals surface area contributed by atoms with E-state index in [1.807, 2.05) is 31.2 Å². The number of carbonyl (C=O) groups is 2. The van der Waals surface area contributed by atoms with Crippen LogP contribution in [0.2, 0.25) is 0 Å². The van der Waals surface area contributed by atoms with Gasteiger partial charge in [-0.2, -0.15) is 0 Å². The molecule has 2 aromatic carbocycles. The molecule has 1 aliphatic heterocycles. The van der Waals surface area contributed by atoms with E-state index in [0.29, 0.717) is 6.54 Å². The van der Waals surface area contributed by atoms with Gasteiger partial charge in [0.1, 0.15) is 0 Å². The van der Waals surface area contributed by atoms with Crippen LogP contribution >= 0.6 is 0 Å². The Bertz CT molecular complexity index is 822. The molecule has 1 amide bonds. The third kappa shape index (κ3) is 5.67. The highest BCUT2D eigenvalue weighted by Crippen LogP contribution is 2.16. The van der Waals surface area contributed by atoms with E-state index in [2.05, 4.69) is 41.4 Å². The van der Waals surface area contributed by atoms with Gasteiger partial charge in [0, 0.05) is 11.3 Å². The van der Waals surface area contributed by atoms with Gasteiger partial charge in [0.25, 0.3) is 5.91 Å². The van der Waals surface area contributed by atoms with Crippen molar-refractivity contribution >= 4 is 17.4 Å². The molecule has 1 atom stereocenters. The summed E-state index contributed by atoms with van der Waals surface area (Å²) in [7, 11) is 0. The van der Waals surface area contributed by atoms with Gasteiger partial charge in [-0.15, -0.1) is 0 Å². The fourth-order valence-corrected chi connectivity index (χ4v) is 3.81. The maximum atomic E-state index is 12.5. The van der Waals surface area contributed by atoms with Gasteiger partial charge >= 0.3 is 0 Å². The number of benzene rings is 2. The molecule has 1 aliphatic rings. The summed E-state index contributed by atoms with van der Waals surface area (Å²) in [6, 6.07) is 16.3. The molecule has 0 aliphatic carbocycles. The second kappa shape index (κ2) is 9.70. The Labute approximate surface area is 173 Å². The van der Waals surface area contributed by atoms with Crippen molar-refractivity contribution in [2.75, 3.05) is 37.6 Å². The third-order valence-corrected chi connectivity index (χ3v) is 5.79. The number of nitrogens with one attached hydrogen (secondary N) is 2. The molecule has 0 spiro atoms. The zero-order valence-electron chi connectivity index (χ0n) is 17.7. The number of hydrogen-bond donors (Lipinski definition) is 2. The van der Waals surface area contributed by atoms with Crippen LogP contribution in [0.1, 0.15) is 48.3 Å². The number of carbonyl (C=O) groups excluding carboxylic acids is 2. The lowest BCUT2D eigenvalue weighted by Crippen LogP contribution is -3.15. The minimum absolute atomic E-state index is 0.0221. The molecule has 1 heterocycles. The van der Waals surface area contributed by atoms with E-state index in [9.17, 15) is 9.59 Å². The van der Waals surface area contributed by atoms with Crippen LogP contribution in [-0.4, -0.2) is 44.4 Å². The van der Waals surface area contributed by atoms with Crippen molar-refractivity contribution < 1.29 is 14.5 Å². The molecule has 1 saturated heterocycles. The summed E-state index contributed by atoms with van der Waals surface area (Å²) < 4.78 is 0. The first-order chi connectivity index (χ1) is 14.0. The number of nitrogens with zero attached hydrogens (tertiary/aromatic N) is 1. The summed E-state index contributed by atoms with van der Waals surface area (Å²) in [5, 5.41) is 3.14. The molecule has 154 valence electrons. The predicted molar refractivity (Wildman–Crippen MR) is 117 cm³/mol. The number of aryl methyl sites for hydroxylation is 1. The lowest BCUT2D eigenvalue weighted by molar-refractivity contribution is -0.892. The fraction of sp³-hybridized carbons (Fsp3) is 0.417. The Morgan fingerprint density at radius 1 is 1.03 bits per heavy atom. The van der Waals surface area contributed by atoms with Crippen LogP contribution in [0.5, 0.6) is 0 Å². The fourth-order valence-electron chi connectivity index (χ4n) is 3.81. The van der Waals surface area contributed by atoms with Crippen molar-refractivity contribution in [1.82, 2.24) is 5.32 Å². The molecule has 1 fully saturated rings. The molecule has 0 saturated carbocycles. The van der Waals surface area contributed by atoms with Gasteiger partial charge in [0.15, 0.2) is 12.3 Å². The molecule has 2 N–H and O–H groups in total. The molecule has 3 rings (SSSR count). The maximum absolute atomic E-state index is 12.5. The third-order valence-electron chi connectivity index (χ3n) is 5.79. The van der Waals surface area contributed by atoms with Gasteiger partial charge in [0.05, 0.1) is 32.2 Å². The SMILES string of the molecule is CCc1ccc([C@@H](C)NC(=O)C[NH+]2CCN(c3ccc(C(C)=O)cc3)CC2)cc1. The maximum Gasteiger partial charge on any atom is 0.275 e. The van der Waals surface area contributed by atoms with E-state index in [1.165, 1.54) is 10.5 Å². The quantitative estimate of drug-likeness (QED) is 0.707. The van der Waals surface area contributed by atoms with E-state index in [0.717, 1.165) is 49.4 Å². The number of rotatable bonds is 7. The van der Waals surface area contributed by atoms with Gasteiger partial charge in [-0.05, 0) is 55.7 Å². The van der Waals surface area contributed by atoms with E-state index in [-0.39, 0.29) is 17.7 Å². The van der Waals surface area contributed by atoms with E-state index >= 15 is 0 Å². The molecular formula is C24H32N3O2+. The average molecular weight is 395 g/mol. The first-order valence-electron chi connectivity index (χ1n) is 10.5. The molecule has 0 unspecified atom stereocenters. The van der Waals surface area contributed by atoms with Crippen LogP contribution in [0.15, 0.2) is 48.5 Å². The van der Waals surface area contributed by atoms with Gasteiger partial charge in [-0.3, -0.25) is 9.59 Å². The van der Waals surface area contributed by atoms with E-state index in [1.54, 1.807) is 6.92 Å². The number of hydrogen-bond acceptors (Lipinski definition) is 3. The summed E-state index contributed by atoms with van der Waals surface area (Å²) in [4.78, 5) is 27.5. The van der Waals surface area contributed by atoms with Crippen molar-refractivity contribution in [3.63, 3.8) is 0 Å². The van der Waals surface area contributed by atoms with Crippen LogP contribution in [0.4, 0.5) is 5.69 Å². The number of amides is 1. The Kier molecular flexibility index (Phi) is 7.04. The normalized spacial score (nSPS) is 15.8. The summed E-state index contributed by atoms with van der Waals surface area (Å²) in [6.45, 7) is 9.97. The average Bonchev–Trinajstić information content (AvgIpc) is 2.74. The Morgan fingerprint density at radius 3 is 2.21 bits per heavy atom. The Morgan fingerprint density at radius 2 is 1.66 bits per heavy atom. The minimum atomic E-state index is 0.0221. The lowest BCUT2D eigenvalue weighted by atomic mass is 10.0. The van der Waals surface area contributed by atoms with Gasteiger partial charge in [-0.25, -0.2) is 0 Å². The van der Waals surface area contributed by atoms with Crippen LogP contribution in [0.3, 0.4) is 0 Å². The first kappa shape index (κ1) is 21.1. The van der Waals surface area contributed by atoms with Gasteiger partial charge < -0.3 is 15.1 Å². The predicted octanol–water partition coefficient (Wildman–Crippen LogP) is 2.03. The second-order valence-corrected chi connectivity index (χ2v) is 7.90. The Balaban J connectivity index is 1.45. The van der Waals surface area contributed by atoms with Crippen molar-refractivity contribution in [3.8, 4) is 0 Å². The van der Waals surface area contributed by atoms with E-state index < -0.39 is 0 Å². The summed E-state index contributed by atoms with van der Waals surface area (Å²) in [5.74, 6) is 0.193. The van der Waals surface area contributed by atoms with Gasteiger partial charge in [0.2, 0.25) is 0 Å². The van der Waals surface area contributed by atoms with Crippen LogP contribution in [0.25, 0.3) is 0 Å². The molecule has 5 heteroatoms. The molecule has 29 heavy (non-hydrogen) atoms.